The SMILES string of the molecule is COc1ccc(Cl)cc1CN1CCN(c2ccc([N+](=O)[O-])cc2F)CC1. The highest BCUT2D eigenvalue weighted by Gasteiger charge is 2.22. The molecule has 0 unspecified atom stereocenters. The van der Waals surface area contributed by atoms with E-state index in [-0.39, 0.29) is 5.69 Å². The molecule has 138 valence electrons. The molecule has 1 saturated heterocycles. The number of benzene rings is 2. The number of methoxy groups -OCH3 is 1. The van der Waals surface area contributed by atoms with Crippen LogP contribution < -0.4 is 9.64 Å². The van der Waals surface area contributed by atoms with Crippen LogP contribution in [0.4, 0.5) is 15.8 Å². The summed E-state index contributed by atoms with van der Waals surface area (Å²) >= 11 is 6.08. The fourth-order valence-electron chi connectivity index (χ4n) is 3.12. The van der Waals surface area contributed by atoms with Gasteiger partial charge in [-0.3, -0.25) is 15.0 Å². The first-order valence-corrected chi connectivity index (χ1v) is 8.59. The van der Waals surface area contributed by atoms with Gasteiger partial charge in [-0.2, -0.15) is 0 Å². The second-order valence-electron chi connectivity index (χ2n) is 6.11. The number of piperazine rings is 1. The highest BCUT2D eigenvalue weighted by atomic mass is 35.5. The molecule has 0 N–H and O–H groups in total. The number of hydrogen-bond donors (Lipinski definition) is 0. The summed E-state index contributed by atoms with van der Waals surface area (Å²) in [6, 6.07) is 9.31. The number of halogens is 2. The van der Waals surface area contributed by atoms with E-state index in [1.54, 1.807) is 13.2 Å². The number of ether oxygens (including phenoxy) is 1. The van der Waals surface area contributed by atoms with E-state index in [1.807, 2.05) is 17.0 Å². The molecule has 2 aromatic rings. The van der Waals surface area contributed by atoms with Crippen LogP contribution in [0.3, 0.4) is 0 Å². The van der Waals surface area contributed by atoms with Gasteiger partial charge in [0.1, 0.15) is 5.75 Å². The van der Waals surface area contributed by atoms with E-state index in [4.69, 9.17) is 16.3 Å². The molecule has 26 heavy (non-hydrogen) atoms. The monoisotopic (exact) mass is 379 g/mol. The molecule has 0 radical (unpaired) electrons. The lowest BCUT2D eigenvalue weighted by Gasteiger charge is -2.36. The van der Waals surface area contributed by atoms with Gasteiger partial charge in [-0.25, -0.2) is 4.39 Å². The summed E-state index contributed by atoms with van der Waals surface area (Å²) in [6.07, 6.45) is 0. The maximum atomic E-state index is 14.2. The summed E-state index contributed by atoms with van der Waals surface area (Å²) in [6.45, 7) is 3.45. The molecule has 0 bridgehead atoms. The second-order valence-corrected chi connectivity index (χ2v) is 6.55. The average molecular weight is 380 g/mol. The van der Waals surface area contributed by atoms with E-state index >= 15 is 0 Å². The van der Waals surface area contributed by atoms with Gasteiger partial charge in [-0.15, -0.1) is 0 Å². The predicted octanol–water partition coefficient (Wildman–Crippen LogP) is 3.72. The summed E-state index contributed by atoms with van der Waals surface area (Å²) in [5, 5.41) is 11.4. The van der Waals surface area contributed by atoms with Gasteiger partial charge in [-0.1, -0.05) is 11.6 Å². The third-order valence-corrected chi connectivity index (χ3v) is 4.73. The number of nitro benzene ring substituents is 1. The summed E-state index contributed by atoms with van der Waals surface area (Å²) in [4.78, 5) is 14.3. The van der Waals surface area contributed by atoms with Crippen molar-refractivity contribution in [2.24, 2.45) is 0 Å². The standard InChI is InChI=1S/C18H19ClFN3O3/c1-26-18-5-2-14(19)10-13(18)12-21-6-8-22(9-7-21)17-4-3-15(23(24)25)11-16(17)20/h2-5,10-11H,6-9,12H2,1H3. The van der Waals surface area contributed by atoms with E-state index in [1.165, 1.54) is 12.1 Å². The van der Waals surface area contributed by atoms with Crippen LogP contribution in [-0.4, -0.2) is 43.1 Å². The van der Waals surface area contributed by atoms with Gasteiger partial charge in [0.15, 0.2) is 5.82 Å². The number of anilines is 1. The Morgan fingerprint density at radius 3 is 2.54 bits per heavy atom. The van der Waals surface area contributed by atoms with Crippen molar-refractivity contribution in [3.8, 4) is 5.75 Å². The van der Waals surface area contributed by atoms with Crippen molar-refractivity contribution in [2.45, 2.75) is 6.54 Å². The third kappa shape index (κ3) is 4.05. The average Bonchev–Trinajstić information content (AvgIpc) is 2.62. The van der Waals surface area contributed by atoms with Crippen LogP contribution in [0.2, 0.25) is 5.02 Å². The lowest BCUT2D eigenvalue weighted by molar-refractivity contribution is -0.385. The van der Waals surface area contributed by atoms with Crippen LogP contribution in [0.25, 0.3) is 0 Å². The zero-order valence-electron chi connectivity index (χ0n) is 14.3. The topological polar surface area (TPSA) is 58.8 Å². The van der Waals surface area contributed by atoms with Crippen molar-refractivity contribution in [2.75, 3.05) is 38.2 Å². The number of nitro groups is 1. The number of non-ortho nitro benzene ring substituents is 1. The summed E-state index contributed by atoms with van der Waals surface area (Å²) < 4.78 is 19.6. The molecule has 1 heterocycles. The van der Waals surface area contributed by atoms with E-state index < -0.39 is 10.7 Å². The van der Waals surface area contributed by atoms with E-state index in [0.29, 0.717) is 30.3 Å². The Bertz CT molecular complexity index is 810. The van der Waals surface area contributed by atoms with Crippen molar-refractivity contribution in [3.63, 3.8) is 0 Å². The zero-order valence-corrected chi connectivity index (χ0v) is 15.1. The highest BCUT2D eigenvalue weighted by molar-refractivity contribution is 6.30. The van der Waals surface area contributed by atoms with Gasteiger partial charge >= 0.3 is 0 Å². The Kier molecular flexibility index (Phi) is 5.58. The molecule has 6 nitrogen and oxygen atoms in total. The van der Waals surface area contributed by atoms with Crippen LogP contribution in [0.1, 0.15) is 5.56 Å². The lowest BCUT2D eigenvalue weighted by Crippen LogP contribution is -2.46. The third-order valence-electron chi connectivity index (χ3n) is 4.49. The normalized spacial score (nSPS) is 15.1. The van der Waals surface area contributed by atoms with Crippen LogP contribution in [0.5, 0.6) is 5.75 Å². The van der Waals surface area contributed by atoms with Gasteiger partial charge in [-0.05, 0) is 24.3 Å². The summed E-state index contributed by atoms with van der Waals surface area (Å²) in [5.74, 6) is 0.224. The Hall–Kier alpha value is -2.38. The molecule has 0 aromatic heterocycles. The van der Waals surface area contributed by atoms with Gasteiger partial charge in [0, 0.05) is 49.4 Å². The largest absolute Gasteiger partial charge is 0.496 e. The van der Waals surface area contributed by atoms with Crippen molar-refractivity contribution >= 4 is 23.0 Å². The van der Waals surface area contributed by atoms with Crippen LogP contribution in [0, 0.1) is 15.9 Å². The Balaban J connectivity index is 1.65. The minimum Gasteiger partial charge on any atom is -0.496 e. The van der Waals surface area contributed by atoms with Gasteiger partial charge in [0.05, 0.1) is 23.8 Å². The summed E-state index contributed by atoms with van der Waals surface area (Å²) in [5.41, 5.74) is 1.17. The van der Waals surface area contributed by atoms with E-state index in [0.717, 1.165) is 30.5 Å². The van der Waals surface area contributed by atoms with Gasteiger partial charge < -0.3 is 9.64 Å². The fraction of sp³-hybridized carbons (Fsp3) is 0.333. The first-order chi connectivity index (χ1) is 12.5. The van der Waals surface area contributed by atoms with Crippen LogP contribution >= 0.6 is 11.6 Å². The quantitative estimate of drug-likeness (QED) is 0.585. The lowest BCUT2D eigenvalue weighted by atomic mass is 10.1. The molecule has 1 aliphatic rings. The molecule has 1 fully saturated rings. The molecular formula is C18H19ClFN3O3. The minimum absolute atomic E-state index is 0.238. The molecule has 0 atom stereocenters. The Morgan fingerprint density at radius 1 is 1.19 bits per heavy atom. The molecular weight excluding hydrogens is 361 g/mol. The second kappa shape index (κ2) is 7.88. The molecule has 0 amide bonds. The van der Waals surface area contributed by atoms with Crippen molar-refractivity contribution in [1.82, 2.24) is 4.90 Å². The molecule has 3 rings (SSSR count). The molecule has 2 aromatic carbocycles. The first kappa shape index (κ1) is 18.4. The number of hydrogen-bond acceptors (Lipinski definition) is 5. The molecule has 0 saturated carbocycles. The maximum Gasteiger partial charge on any atom is 0.272 e. The molecule has 0 spiro atoms. The first-order valence-electron chi connectivity index (χ1n) is 8.21. The van der Waals surface area contributed by atoms with E-state index in [9.17, 15) is 14.5 Å². The van der Waals surface area contributed by atoms with Crippen molar-refractivity contribution in [1.29, 1.82) is 0 Å². The number of rotatable bonds is 5. The molecule has 1 aliphatic heterocycles. The molecule has 0 aliphatic carbocycles. The number of nitrogens with zero attached hydrogens (tertiary/aromatic N) is 3. The Morgan fingerprint density at radius 2 is 1.92 bits per heavy atom. The maximum absolute atomic E-state index is 14.2. The van der Waals surface area contributed by atoms with Gasteiger partial charge in [0.25, 0.3) is 5.69 Å². The Labute approximate surface area is 155 Å². The van der Waals surface area contributed by atoms with Crippen LogP contribution in [0.15, 0.2) is 36.4 Å². The van der Waals surface area contributed by atoms with Crippen molar-refractivity contribution < 1.29 is 14.1 Å². The smallest absolute Gasteiger partial charge is 0.272 e. The van der Waals surface area contributed by atoms with Gasteiger partial charge in [0.2, 0.25) is 0 Å². The predicted molar refractivity (Wildman–Crippen MR) is 98.5 cm³/mol. The molecule has 8 heteroatoms. The van der Waals surface area contributed by atoms with Crippen LogP contribution in [-0.2, 0) is 6.54 Å². The fourth-order valence-corrected chi connectivity index (χ4v) is 3.32. The van der Waals surface area contributed by atoms with Crippen molar-refractivity contribution in [3.05, 3.63) is 62.9 Å². The van der Waals surface area contributed by atoms with E-state index in [2.05, 4.69) is 4.90 Å². The summed E-state index contributed by atoms with van der Waals surface area (Å²) in [7, 11) is 1.63. The zero-order chi connectivity index (χ0) is 18.7. The minimum atomic E-state index is -0.594. The highest BCUT2D eigenvalue weighted by Crippen LogP contribution is 2.27.